The molecule has 0 spiro atoms. The molecule has 0 saturated carbocycles. The van der Waals surface area contributed by atoms with E-state index in [-0.39, 0.29) is 6.61 Å². The predicted octanol–water partition coefficient (Wildman–Crippen LogP) is -1.03. The second-order valence-corrected chi connectivity index (χ2v) is 2.12. The van der Waals surface area contributed by atoms with Crippen LogP contribution in [0.1, 0.15) is 6.42 Å². The third-order valence-electron chi connectivity index (χ3n) is 1.71. The zero-order valence-corrected chi connectivity index (χ0v) is 4.88. The van der Waals surface area contributed by atoms with Crippen LogP contribution in [0.2, 0.25) is 0 Å². The summed E-state index contributed by atoms with van der Waals surface area (Å²) in [6.07, 6.45) is 1.10. The summed E-state index contributed by atoms with van der Waals surface area (Å²) in [5, 5.41) is 8.59. The first-order valence-corrected chi connectivity index (χ1v) is 2.93. The third-order valence-corrected chi connectivity index (χ3v) is 1.71. The van der Waals surface area contributed by atoms with Crippen molar-refractivity contribution in [3.05, 3.63) is 0 Å². The van der Waals surface area contributed by atoms with Crippen LogP contribution in [0.3, 0.4) is 0 Å². The van der Waals surface area contributed by atoms with E-state index in [1.54, 1.807) is 0 Å². The van der Waals surface area contributed by atoms with Crippen LogP contribution < -0.4 is 5.73 Å². The Morgan fingerprint density at radius 3 is 2.62 bits per heavy atom. The molecule has 1 aliphatic heterocycles. The van der Waals surface area contributed by atoms with E-state index >= 15 is 0 Å². The predicted molar refractivity (Wildman–Crippen MR) is 31.3 cm³/mol. The molecule has 0 aromatic carbocycles. The maximum Gasteiger partial charge on any atom is 0.0587 e. The minimum Gasteiger partial charge on any atom is -0.395 e. The number of aliphatic hydroxyl groups excluding tert-OH is 1. The van der Waals surface area contributed by atoms with E-state index in [2.05, 4.69) is 4.90 Å². The Morgan fingerprint density at radius 2 is 2.50 bits per heavy atom. The van der Waals surface area contributed by atoms with E-state index in [0.29, 0.717) is 12.7 Å². The fourth-order valence-corrected chi connectivity index (χ4v) is 0.941. The minimum absolute atomic E-state index is 0.261. The molecule has 3 N–H and O–H groups in total. The van der Waals surface area contributed by atoms with Gasteiger partial charge in [0.25, 0.3) is 0 Å². The zero-order valence-electron chi connectivity index (χ0n) is 4.88. The summed E-state index contributed by atoms with van der Waals surface area (Å²) in [5.41, 5.74) is 5.31. The third kappa shape index (κ3) is 0.844. The van der Waals surface area contributed by atoms with Crippen molar-refractivity contribution in [3.63, 3.8) is 0 Å². The van der Waals surface area contributed by atoms with Crippen molar-refractivity contribution in [3.8, 4) is 0 Å². The van der Waals surface area contributed by atoms with Crippen molar-refractivity contribution in [2.75, 3.05) is 19.8 Å². The first kappa shape index (κ1) is 6.01. The van der Waals surface area contributed by atoms with Gasteiger partial charge in [0.05, 0.1) is 6.61 Å². The van der Waals surface area contributed by atoms with Gasteiger partial charge in [-0.05, 0) is 6.42 Å². The van der Waals surface area contributed by atoms with Crippen LogP contribution in [0.15, 0.2) is 0 Å². The van der Waals surface area contributed by atoms with Gasteiger partial charge in [-0.25, -0.2) is 0 Å². The van der Waals surface area contributed by atoms with Gasteiger partial charge in [0.2, 0.25) is 0 Å². The molecule has 0 bridgehead atoms. The Kier molecular flexibility index (Phi) is 1.83. The van der Waals surface area contributed by atoms with Crippen LogP contribution in [0.5, 0.6) is 0 Å². The molecule has 8 heavy (non-hydrogen) atoms. The number of hydrogen-bond acceptors (Lipinski definition) is 3. The van der Waals surface area contributed by atoms with Gasteiger partial charge in [-0.1, -0.05) is 0 Å². The lowest BCUT2D eigenvalue weighted by Crippen LogP contribution is -2.52. The number of hydrogen-bond donors (Lipinski definition) is 2. The first-order valence-electron chi connectivity index (χ1n) is 2.93. The molecule has 3 heteroatoms. The average molecular weight is 116 g/mol. The Bertz CT molecular complexity index is 62.8. The number of rotatable bonds is 2. The van der Waals surface area contributed by atoms with E-state index in [1.165, 1.54) is 0 Å². The summed E-state index contributed by atoms with van der Waals surface area (Å²) in [4.78, 5) is 2.06. The number of nitrogens with zero attached hydrogens (tertiary/aromatic N) is 1. The van der Waals surface area contributed by atoms with Gasteiger partial charge < -0.3 is 10.8 Å². The second kappa shape index (κ2) is 2.44. The SMILES string of the molecule is NCN1CCC1CO. The molecular formula is C5H12N2O. The summed E-state index contributed by atoms with van der Waals surface area (Å²) in [6, 6.07) is 0.361. The fraction of sp³-hybridized carbons (Fsp3) is 1.00. The topological polar surface area (TPSA) is 49.5 Å². The number of likely N-dealkylation sites (tertiary alicyclic amines) is 1. The van der Waals surface area contributed by atoms with Crippen molar-refractivity contribution in [2.45, 2.75) is 12.5 Å². The molecular weight excluding hydrogens is 104 g/mol. The molecule has 0 aromatic rings. The van der Waals surface area contributed by atoms with Gasteiger partial charge in [0.15, 0.2) is 0 Å². The van der Waals surface area contributed by atoms with Gasteiger partial charge >= 0.3 is 0 Å². The van der Waals surface area contributed by atoms with Crippen molar-refractivity contribution in [1.29, 1.82) is 0 Å². The first-order chi connectivity index (χ1) is 3.88. The molecule has 1 saturated heterocycles. The Morgan fingerprint density at radius 1 is 1.75 bits per heavy atom. The van der Waals surface area contributed by atoms with Gasteiger partial charge in [-0.2, -0.15) is 0 Å². The Hall–Kier alpha value is -0.120. The molecule has 0 radical (unpaired) electrons. The van der Waals surface area contributed by atoms with Gasteiger partial charge in [-0.15, -0.1) is 0 Å². The highest BCUT2D eigenvalue weighted by molar-refractivity contribution is 4.79. The zero-order chi connectivity index (χ0) is 5.98. The summed E-state index contributed by atoms with van der Waals surface area (Å²) >= 11 is 0. The van der Waals surface area contributed by atoms with Gasteiger partial charge in [0.1, 0.15) is 0 Å². The van der Waals surface area contributed by atoms with Crippen molar-refractivity contribution in [1.82, 2.24) is 4.90 Å². The maximum absolute atomic E-state index is 8.59. The Balaban J connectivity index is 2.16. The number of aliphatic hydroxyl groups is 1. The minimum atomic E-state index is 0.261. The molecule has 1 fully saturated rings. The Labute approximate surface area is 49.1 Å². The van der Waals surface area contributed by atoms with E-state index in [9.17, 15) is 0 Å². The van der Waals surface area contributed by atoms with Crippen LogP contribution in [0.25, 0.3) is 0 Å². The largest absolute Gasteiger partial charge is 0.395 e. The van der Waals surface area contributed by atoms with Crippen LogP contribution in [0.4, 0.5) is 0 Å². The van der Waals surface area contributed by atoms with Crippen LogP contribution in [-0.2, 0) is 0 Å². The summed E-state index contributed by atoms with van der Waals surface area (Å²) in [6.45, 7) is 1.91. The maximum atomic E-state index is 8.59. The smallest absolute Gasteiger partial charge is 0.0587 e. The summed E-state index contributed by atoms with van der Waals surface area (Å²) in [7, 11) is 0. The molecule has 1 atom stereocenters. The van der Waals surface area contributed by atoms with Crippen molar-refractivity contribution >= 4 is 0 Å². The summed E-state index contributed by atoms with van der Waals surface area (Å²) in [5.74, 6) is 0. The molecule has 1 rings (SSSR count). The molecule has 1 unspecified atom stereocenters. The van der Waals surface area contributed by atoms with Crippen LogP contribution in [0, 0.1) is 0 Å². The molecule has 0 amide bonds. The molecule has 1 heterocycles. The number of nitrogens with two attached hydrogens (primary N) is 1. The van der Waals surface area contributed by atoms with Gasteiger partial charge in [-0.3, -0.25) is 4.90 Å². The van der Waals surface area contributed by atoms with E-state index in [4.69, 9.17) is 10.8 Å². The van der Waals surface area contributed by atoms with E-state index < -0.39 is 0 Å². The molecule has 0 aliphatic carbocycles. The quantitative estimate of drug-likeness (QED) is 0.485. The lowest BCUT2D eigenvalue weighted by atomic mass is 10.1. The van der Waals surface area contributed by atoms with Crippen molar-refractivity contribution in [2.24, 2.45) is 5.73 Å². The lowest BCUT2D eigenvalue weighted by molar-refractivity contribution is 0.0450. The van der Waals surface area contributed by atoms with Gasteiger partial charge in [0, 0.05) is 19.3 Å². The summed E-state index contributed by atoms with van der Waals surface area (Å²) < 4.78 is 0. The monoisotopic (exact) mass is 116 g/mol. The highest BCUT2D eigenvalue weighted by Crippen LogP contribution is 2.13. The highest BCUT2D eigenvalue weighted by atomic mass is 16.3. The molecule has 3 nitrogen and oxygen atoms in total. The van der Waals surface area contributed by atoms with Crippen LogP contribution in [-0.4, -0.2) is 35.9 Å². The normalized spacial score (nSPS) is 30.0. The molecule has 48 valence electrons. The standard InChI is InChI=1S/C5H12N2O/c6-4-7-2-1-5(7)3-8/h5,8H,1-4,6H2. The second-order valence-electron chi connectivity index (χ2n) is 2.12. The lowest BCUT2D eigenvalue weighted by Gasteiger charge is -2.38. The van der Waals surface area contributed by atoms with E-state index in [1.807, 2.05) is 0 Å². The van der Waals surface area contributed by atoms with Crippen LogP contribution >= 0.6 is 0 Å². The average Bonchev–Trinajstić information content (AvgIpc) is 1.66. The molecule has 0 aromatic heterocycles. The fourth-order valence-electron chi connectivity index (χ4n) is 0.941. The highest BCUT2D eigenvalue weighted by Gasteiger charge is 2.24. The van der Waals surface area contributed by atoms with E-state index in [0.717, 1.165) is 13.0 Å². The van der Waals surface area contributed by atoms with Crippen molar-refractivity contribution < 1.29 is 5.11 Å². The molecule has 1 aliphatic rings.